The number of nitrogens with one attached hydrogen (secondary N) is 1. The third-order valence-electron chi connectivity index (χ3n) is 2.45. The molecule has 17 heavy (non-hydrogen) atoms. The molecule has 1 aromatic rings. The van der Waals surface area contributed by atoms with Crippen LogP contribution >= 0.6 is 11.3 Å². The van der Waals surface area contributed by atoms with Gasteiger partial charge >= 0.3 is 0 Å². The highest BCUT2D eigenvalue weighted by Crippen LogP contribution is 2.17. The van der Waals surface area contributed by atoms with Crippen LogP contribution in [0.25, 0.3) is 0 Å². The van der Waals surface area contributed by atoms with Gasteiger partial charge in [0.15, 0.2) is 0 Å². The lowest BCUT2D eigenvalue weighted by atomic mass is 10.2. The maximum Gasteiger partial charge on any atom is 0.264 e. The van der Waals surface area contributed by atoms with Crippen LogP contribution in [-0.4, -0.2) is 36.9 Å². The van der Waals surface area contributed by atoms with Crippen molar-refractivity contribution in [3.05, 3.63) is 21.9 Å². The molecule has 5 heteroatoms. The standard InChI is InChI=1S/C12H18N2O2S/c1-3-6-14(7-5-13-9-15)12(16)11-10(2)4-8-17-11/h4,8-9H,3,5-7H2,1-2H3,(H,13,15). The molecule has 0 aliphatic heterocycles. The predicted octanol–water partition coefficient (Wildman–Crippen LogP) is 1.65. The quantitative estimate of drug-likeness (QED) is 0.594. The third-order valence-corrected chi connectivity index (χ3v) is 3.45. The van der Waals surface area contributed by atoms with E-state index < -0.39 is 0 Å². The summed E-state index contributed by atoms with van der Waals surface area (Å²) in [6.45, 7) is 5.76. The lowest BCUT2D eigenvalue weighted by Gasteiger charge is -2.21. The molecule has 0 saturated carbocycles. The number of rotatable bonds is 7. The number of thiophene rings is 1. The minimum atomic E-state index is 0.0621. The van der Waals surface area contributed by atoms with Gasteiger partial charge in [0.25, 0.3) is 5.91 Å². The molecule has 1 heterocycles. The molecule has 0 aliphatic rings. The number of hydrogen-bond donors (Lipinski definition) is 1. The number of aryl methyl sites for hydroxylation is 1. The first-order chi connectivity index (χ1) is 8.20. The molecule has 0 bridgehead atoms. The summed E-state index contributed by atoms with van der Waals surface area (Å²) in [6.07, 6.45) is 1.57. The van der Waals surface area contributed by atoms with Gasteiger partial charge in [-0.3, -0.25) is 9.59 Å². The van der Waals surface area contributed by atoms with Crippen LogP contribution in [0.4, 0.5) is 0 Å². The zero-order valence-electron chi connectivity index (χ0n) is 10.2. The van der Waals surface area contributed by atoms with E-state index in [9.17, 15) is 9.59 Å². The van der Waals surface area contributed by atoms with Gasteiger partial charge in [0.05, 0.1) is 4.88 Å². The molecule has 4 nitrogen and oxygen atoms in total. The van der Waals surface area contributed by atoms with E-state index in [1.54, 1.807) is 4.90 Å². The van der Waals surface area contributed by atoms with E-state index in [-0.39, 0.29) is 5.91 Å². The molecule has 1 rings (SSSR count). The van der Waals surface area contributed by atoms with Crippen molar-refractivity contribution in [2.75, 3.05) is 19.6 Å². The summed E-state index contributed by atoms with van der Waals surface area (Å²) in [5, 5.41) is 4.51. The minimum Gasteiger partial charge on any atom is -0.357 e. The van der Waals surface area contributed by atoms with Crippen LogP contribution in [0.1, 0.15) is 28.6 Å². The molecule has 1 aromatic heterocycles. The normalized spacial score (nSPS) is 10.0. The van der Waals surface area contributed by atoms with Crippen LogP contribution in [0.15, 0.2) is 11.4 Å². The summed E-state index contributed by atoms with van der Waals surface area (Å²) in [7, 11) is 0. The molecule has 0 fully saturated rings. The smallest absolute Gasteiger partial charge is 0.264 e. The van der Waals surface area contributed by atoms with Gasteiger partial charge in [-0.2, -0.15) is 0 Å². The molecule has 0 atom stereocenters. The Hall–Kier alpha value is -1.36. The van der Waals surface area contributed by atoms with Gasteiger partial charge in [0, 0.05) is 19.6 Å². The van der Waals surface area contributed by atoms with Crippen molar-refractivity contribution in [1.29, 1.82) is 0 Å². The van der Waals surface area contributed by atoms with Crippen LogP contribution < -0.4 is 5.32 Å². The first-order valence-electron chi connectivity index (χ1n) is 5.71. The second-order valence-corrected chi connectivity index (χ2v) is 4.71. The Balaban J connectivity index is 2.66. The van der Waals surface area contributed by atoms with E-state index in [0.717, 1.165) is 23.4 Å². The van der Waals surface area contributed by atoms with Crippen molar-refractivity contribution in [2.45, 2.75) is 20.3 Å². The summed E-state index contributed by atoms with van der Waals surface area (Å²) in [6, 6.07) is 1.95. The van der Waals surface area contributed by atoms with Gasteiger partial charge in [-0.05, 0) is 30.4 Å². The van der Waals surface area contributed by atoms with Crippen LogP contribution in [0.3, 0.4) is 0 Å². The second kappa shape index (κ2) is 7.06. The molecular formula is C12H18N2O2S. The molecule has 0 radical (unpaired) electrons. The topological polar surface area (TPSA) is 49.4 Å². The van der Waals surface area contributed by atoms with Crippen LogP contribution in [0, 0.1) is 6.92 Å². The van der Waals surface area contributed by atoms with Crippen molar-refractivity contribution < 1.29 is 9.59 Å². The molecule has 94 valence electrons. The predicted molar refractivity (Wildman–Crippen MR) is 69.3 cm³/mol. The zero-order chi connectivity index (χ0) is 12.7. The van der Waals surface area contributed by atoms with E-state index in [0.29, 0.717) is 19.5 Å². The SMILES string of the molecule is CCCN(CCNC=O)C(=O)c1sccc1C. The van der Waals surface area contributed by atoms with Gasteiger partial charge in [-0.15, -0.1) is 11.3 Å². The lowest BCUT2D eigenvalue weighted by Crippen LogP contribution is -2.37. The molecule has 0 unspecified atom stereocenters. The first-order valence-corrected chi connectivity index (χ1v) is 6.59. The highest BCUT2D eigenvalue weighted by molar-refractivity contribution is 7.12. The molecule has 0 aromatic carbocycles. The number of carbonyl (C=O) groups excluding carboxylic acids is 2. The number of carbonyl (C=O) groups is 2. The van der Waals surface area contributed by atoms with Crippen molar-refractivity contribution in [3.63, 3.8) is 0 Å². The fraction of sp³-hybridized carbons (Fsp3) is 0.500. The van der Waals surface area contributed by atoms with Gasteiger partial charge in [0.1, 0.15) is 0 Å². The van der Waals surface area contributed by atoms with Crippen molar-refractivity contribution in [1.82, 2.24) is 10.2 Å². The number of nitrogens with zero attached hydrogens (tertiary/aromatic N) is 1. The molecule has 0 spiro atoms. The van der Waals surface area contributed by atoms with Crippen molar-refractivity contribution in [3.8, 4) is 0 Å². The molecule has 0 saturated heterocycles. The maximum absolute atomic E-state index is 12.2. The molecule has 2 amide bonds. The Bertz CT molecular complexity index is 376. The Morgan fingerprint density at radius 2 is 2.29 bits per heavy atom. The van der Waals surface area contributed by atoms with Gasteiger partial charge in [-0.25, -0.2) is 0 Å². The van der Waals surface area contributed by atoms with Crippen LogP contribution in [0.2, 0.25) is 0 Å². The average molecular weight is 254 g/mol. The first kappa shape index (κ1) is 13.7. The minimum absolute atomic E-state index is 0.0621. The fourth-order valence-electron chi connectivity index (χ4n) is 1.58. The molecule has 1 N–H and O–H groups in total. The summed E-state index contributed by atoms with van der Waals surface area (Å²) in [5.74, 6) is 0.0621. The van der Waals surface area contributed by atoms with E-state index in [4.69, 9.17) is 0 Å². The monoisotopic (exact) mass is 254 g/mol. The molecular weight excluding hydrogens is 236 g/mol. The van der Waals surface area contributed by atoms with Gasteiger partial charge in [-0.1, -0.05) is 6.92 Å². The van der Waals surface area contributed by atoms with Crippen LogP contribution in [0.5, 0.6) is 0 Å². The van der Waals surface area contributed by atoms with Crippen molar-refractivity contribution >= 4 is 23.7 Å². The van der Waals surface area contributed by atoms with E-state index >= 15 is 0 Å². The number of hydrogen-bond acceptors (Lipinski definition) is 3. The summed E-state index contributed by atoms with van der Waals surface area (Å²) < 4.78 is 0. The van der Waals surface area contributed by atoms with E-state index in [1.807, 2.05) is 25.3 Å². The Morgan fingerprint density at radius 3 is 2.82 bits per heavy atom. The van der Waals surface area contributed by atoms with Gasteiger partial charge < -0.3 is 10.2 Å². The van der Waals surface area contributed by atoms with E-state index in [1.165, 1.54) is 11.3 Å². The summed E-state index contributed by atoms with van der Waals surface area (Å²) in [4.78, 5) is 25.0. The zero-order valence-corrected chi connectivity index (χ0v) is 11.0. The Labute approximate surface area is 106 Å². The summed E-state index contributed by atoms with van der Waals surface area (Å²) in [5.41, 5.74) is 1.02. The molecule has 0 aliphatic carbocycles. The highest BCUT2D eigenvalue weighted by atomic mass is 32.1. The maximum atomic E-state index is 12.2. The third kappa shape index (κ3) is 3.85. The summed E-state index contributed by atoms with van der Waals surface area (Å²) >= 11 is 1.47. The van der Waals surface area contributed by atoms with Gasteiger partial charge in [0.2, 0.25) is 6.41 Å². The Morgan fingerprint density at radius 1 is 1.53 bits per heavy atom. The second-order valence-electron chi connectivity index (χ2n) is 3.80. The van der Waals surface area contributed by atoms with Crippen LogP contribution in [-0.2, 0) is 4.79 Å². The fourth-order valence-corrected chi connectivity index (χ4v) is 2.47. The average Bonchev–Trinajstić information content (AvgIpc) is 2.74. The Kier molecular flexibility index (Phi) is 5.69. The van der Waals surface area contributed by atoms with Crippen molar-refractivity contribution in [2.24, 2.45) is 0 Å². The number of amides is 2. The highest BCUT2D eigenvalue weighted by Gasteiger charge is 2.17. The lowest BCUT2D eigenvalue weighted by molar-refractivity contribution is -0.109. The largest absolute Gasteiger partial charge is 0.357 e. The van der Waals surface area contributed by atoms with E-state index in [2.05, 4.69) is 5.32 Å².